The molecule has 32 heavy (non-hydrogen) atoms. The molecule has 0 bridgehead atoms. The van der Waals surface area contributed by atoms with Gasteiger partial charge in [-0.15, -0.1) is 0 Å². The fraction of sp³-hybridized carbons (Fsp3) is 0.417. The first kappa shape index (κ1) is 24.5. The number of fused-ring (bicyclic) bond motifs is 1. The Hall–Kier alpha value is -2.12. The van der Waals surface area contributed by atoms with Crippen LogP contribution in [0.1, 0.15) is 41.8 Å². The van der Waals surface area contributed by atoms with E-state index in [1.54, 1.807) is 31.3 Å². The molecule has 1 amide bonds. The van der Waals surface area contributed by atoms with E-state index in [1.807, 2.05) is 6.07 Å². The summed E-state index contributed by atoms with van der Waals surface area (Å²) in [5.41, 5.74) is 0.249. The van der Waals surface area contributed by atoms with Gasteiger partial charge in [0, 0.05) is 29.7 Å². The lowest BCUT2D eigenvalue weighted by molar-refractivity contribution is -0.138. The monoisotopic (exact) mass is 478 g/mol. The standard InChI is InChI=1S/C24H28Cl2N2O4/c1-5-28(6-2)12-9-13-32-24(17-10-7-8-11-18(17)25)21-19(26)14-16(22(29)31-4)15-20(21)27(3)23(24)30/h7-8,10-11,14-15H,5-6,9,12-13H2,1-4H3. The van der Waals surface area contributed by atoms with Crippen molar-refractivity contribution in [1.29, 1.82) is 0 Å². The highest BCUT2D eigenvalue weighted by atomic mass is 35.5. The highest BCUT2D eigenvalue weighted by Gasteiger charge is 2.55. The predicted molar refractivity (Wildman–Crippen MR) is 127 cm³/mol. The van der Waals surface area contributed by atoms with Crippen molar-refractivity contribution >= 4 is 40.8 Å². The molecule has 3 rings (SSSR count). The third kappa shape index (κ3) is 4.25. The van der Waals surface area contributed by atoms with Gasteiger partial charge in [0.15, 0.2) is 0 Å². The zero-order chi connectivity index (χ0) is 23.5. The second kappa shape index (κ2) is 10.2. The zero-order valence-electron chi connectivity index (χ0n) is 18.8. The van der Waals surface area contributed by atoms with Crippen LogP contribution in [0.5, 0.6) is 0 Å². The molecular weight excluding hydrogens is 451 g/mol. The number of anilines is 1. The van der Waals surface area contributed by atoms with Crippen LogP contribution in [0.25, 0.3) is 0 Å². The minimum Gasteiger partial charge on any atom is -0.465 e. The van der Waals surface area contributed by atoms with Gasteiger partial charge in [0.05, 0.1) is 30.0 Å². The maximum atomic E-state index is 13.7. The van der Waals surface area contributed by atoms with Crippen molar-refractivity contribution in [3.05, 3.63) is 63.1 Å². The molecule has 0 spiro atoms. The summed E-state index contributed by atoms with van der Waals surface area (Å²) in [6.45, 7) is 7.28. The van der Waals surface area contributed by atoms with Gasteiger partial charge in [0.25, 0.3) is 5.91 Å². The molecule has 0 aliphatic carbocycles. The van der Waals surface area contributed by atoms with Crippen LogP contribution in [-0.4, -0.2) is 57.2 Å². The SMILES string of the molecule is CCN(CC)CCCOC1(c2ccccc2Cl)C(=O)N(C)c2cc(C(=O)OC)cc(Cl)c21. The van der Waals surface area contributed by atoms with E-state index in [9.17, 15) is 9.59 Å². The van der Waals surface area contributed by atoms with Gasteiger partial charge in [-0.2, -0.15) is 0 Å². The average molecular weight is 479 g/mol. The Morgan fingerprint density at radius 2 is 1.81 bits per heavy atom. The second-order valence-electron chi connectivity index (χ2n) is 7.60. The van der Waals surface area contributed by atoms with E-state index in [4.69, 9.17) is 32.7 Å². The minimum atomic E-state index is -1.50. The van der Waals surface area contributed by atoms with E-state index in [0.717, 1.165) is 26.1 Å². The Bertz CT molecular complexity index is 1010. The van der Waals surface area contributed by atoms with Crippen molar-refractivity contribution in [2.24, 2.45) is 0 Å². The summed E-state index contributed by atoms with van der Waals surface area (Å²) < 4.78 is 11.2. The van der Waals surface area contributed by atoms with Crippen molar-refractivity contribution in [1.82, 2.24) is 4.90 Å². The Labute approximate surface area is 199 Å². The number of esters is 1. The number of hydrogen-bond donors (Lipinski definition) is 0. The van der Waals surface area contributed by atoms with Crippen molar-refractivity contribution < 1.29 is 19.1 Å². The number of benzene rings is 2. The first-order chi connectivity index (χ1) is 15.3. The van der Waals surface area contributed by atoms with Crippen LogP contribution >= 0.6 is 23.2 Å². The number of halogens is 2. The summed E-state index contributed by atoms with van der Waals surface area (Å²) >= 11 is 13.2. The summed E-state index contributed by atoms with van der Waals surface area (Å²) in [5.74, 6) is -0.849. The van der Waals surface area contributed by atoms with Crippen LogP contribution in [0.15, 0.2) is 36.4 Å². The van der Waals surface area contributed by atoms with E-state index in [0.29, 0.717) is 28.4 Å². The minimum absolute atomic E-state index is 0.240. The fourth-order valence-electron chi connectivity index (χ4n) is 4.15. The molecule has 0 fully saturated rings. The first-order valence-electron chi connectivity index (χ1n) is 10.6. The van der Waals surface area contributed by atoms with Crippen molar-refractivity contribution in [3.8, 4) is 0 Å². The van der Waals surface area contributed by atoms with E-state index in [-0.39, 0.29) is 16.5 Å². The van der Waals surface area contributed by atoms with Gasteiger partial charge in [-0.1, -0.05) is 55.2 Å². The molecule has 1 atom stereocenters. The molecule has 6 nitrogen and oxygen atoms in total. The van der Waals surface area contributed by atoms with E-state index < -0.39 is 11.6 Å². The van der Waals surface area contributed by atoms with Crippen LogP contribution in [0, 0.1) is 0 Å². The predicted octanol–water partition coefficient (Wildman–Crippen LogP) is 4.75. The molecule has 1 heterocycles. The zero-order valence-corrected chi connectivity index (χ0v) is 20.3. The Morgan fingerprint density at radius 3 is 2.44 bits per heavy atom. The number of likely N-dealkylation sites (N-methyl/N-ethyl adjacent to an activating group) is 1. The van der Waals surface area contributed by atoms with Gasteiger partial charge in [-0.25, -0.2) is 4.79 Å². The Morgan fingerprint density at radius 1 is 1.12 bits per heavy atom. The highest BCUT2D eigenvalue weighted by molar-refractivity contribution is 6.35. The second-order valence-corrected chi connectivity index (χ2v) is 8.41. The Balaban J connectivity index is 2.11. The van der Waals surface area contributed by atoms with Gasteiger partial charge in [0.2, 0.25) is 5.60 Å². The van der Waals surface area contributed by atoms with Gasteiger partial charge >= 0.3 is 5.97 Å². The number of carbonyl (C=O) groups is 2. The maximum Gasteiger partial charge on any atom is 0.337 e. The molecule has 1 aliphatic heterocycles. The first-order valence-corrected chi connectivity index (χ1v) is 11.4. The lowest BCUT2D eigenvalue weighted by Gasteiger charge is -2.31. The summed E-state index contributed by atoms with van der Waals surface area (Å²) in [6, 6.07) is 10.2. The van der Waals surface area contributed by atoms with E-state index in [2.05, 4.69) is 18.7 Å². The quantitative estimate of drug-likeness (QED) is 0.384. The van der Waals surface area contributed by atoms with Crippen LogP contribution in [-0.2, 0) is 19.9 Å². The molecule has 0 radical (unpaired) electrons. The number of carbonyl (C=O) groups excluding carboxylic acids is 2. The van der Waals surface area contributed by atoms with E-state index >= 15 is 0 Å². The molecule has 0 saturated heterocycles. The molecular formula is C24H28Cl2N2O4. The van der Waals surface area contributed by atoms with Crippen LogP contribution in [0.4, 0.5) is 5.69 Å². The third-order valence-electron chi connectivity index (χ3n) is 5.89. The molecule has 1 unspecified atom stereocenters. The van der Waals surface area contributed by atoms with E-state index in [1.165, 1.54) is 18.1 Å². The highest BCUT2D eigenvalue weighted by Crippen LogP contribution is 2.51. The molecule has 2 aromatic carbocycles. The van der Waals surface area contributed by atoms with Gasteiger partial charge in [-0.05, 0) is 37.7 Å². The molecule has 2 aromatic rings. The van der Waals surface area contributed by atoms with Crippen LogP contribution in [0.3, 0.4) is 0 Å². The topological polar surface area (TPSA) is 59.1 Å². The van der Waals surface area contributed by atoms with Crippen LogP contribution < -0.4 is 4.90 Å². The smallest absolute Gasteiger partial charge is 0.337 e. The lowest BCUT2D eigenvalue weighted by Crippen LogP contribution is -2.43. The Kier molecular flexibility index (Phi) is 7.83. The summed E-state index contributed by atoms with van der Waals surface area (Å²) in [6.07, 6.45) is 0.734. The van der Waals surface area contributed by atoms with Crippen LogP contribution in [0.2, 0.25) is 10.0 Å². The third-order valence-corrected chi connectivity index (χ3v) is 6.52. The summed E-state index contributed by atoms with van der Waals surface area (Å²) in [5, 5.41) is 0.642. The van der Waals surface area contributed by atoms with Gasteiger partial charge in [-0.3, -0.25) is 4.79 Å². The summed E-state index contributed by atoms with van der Waals surface area (Å²) in [4.78, 5) is 29.6. The average Bonchev–Trinajstić information content (AvgIpc) is 3.01. The van der Waals surface area contributed by atoms with Gasteiger partial charge in [0.1, 0.15) is 0 Å². The normalized spacial score (nSPS) is 17.7. The number of rotatable bonds is 9. The molecule has 8 heteroatoms. The maximum absolute atomic E-state index is 13.7. The number of amides is 1. The lowest BCUT2D eigenvalue weighted by atomic mass is 9.86. The number of nitrogens with zero attached hydrogens (tertiary/aromatic N) is 2. The van der Waals surface area contributed by atoms with Crippen molar-refractivity contribution in [2.45, 2.75) is 25.9 Å². The molecule has 0 N–H and O–H groups in total. The number of ether oxygens (including phenoxy) is 2. The molecule has 0 aromatic heterocycles. The fourth-order valence-corrected chi connectivity index (χ4v) is 4.77. The summed E-state index contributed by atoms with van der Waals surface area (Å²) in [7, 11) is 2.93. The molecule has 0 saturated carbocycles. The molecule has 172 valence electrons. The van der Waals surface area contributed by atoms with Crippen molar-refractivity contribution in [2.75, 3.05) is 45.3 Å². The van der Waals surface area contributed by atoms with Gasteiger partial charge < -0.3 is 19.3 Å². The van der Waals surface area contributed by atoms with Crippen molar-refractivity contribution in [3.63, 3.8) is 0 Å². The molecule has 1 aliphatic rings. The largest absolute Gasteiger partial charge is 0.465 e. The number of methoxy groups -OCH3 is 1. The number of hydrogen-bond acceptors (Lipinski definition) is 5.